The second kappa shape index (κ2) is 13.2. The highest BCUT2D eigenvalue weighted by atomic mass is 19.1. The molecule has 6 rings (SSSR count). The van der Waals surface area contributed by atoms with E-state index in [1.54, 1.807) is 12.1 Å². The summed E-state index contributed by atoms with van der Waals surface area (Å²) in [7, 11) is 0. The number of rotatable bonds is 8. The number of carbonyl (C=O) groups excluding carboxylic acids is 1. The van der Waals surface area contributed by atoms with Gasteiger partial charge < -0.3 is 9.80 Å². The highest BCUT2D eigenvalue weighted by molar-refractivity contribution is 5.94. The number of nitrogens with zero attached hydrogens (tertiary/aromatic N) is 6. The van der Waals surface area contributed by atoms with E-state index < -0.39 is 0 Å². The molecule has 0 N–H and O–H groups in total. The summed E-state index contributed by atoms with van der Waals surface area (Å²) in [5.74, 6) is 2.15. The maximum absolute atomic E-state index is 13.8. The monoisotopic (exact) mass is 582 g/mol. The molecule has 0 bridgehead atoms. The molecular weight excluding hydrogens is 539 g/mol. The second-order valence-electron chi connectivity index (χ2n) is 12.3. The van der Waals surface area contributed by atoms with Gasteiger partial charge in [-0.2, -0.15) is 5.10 Å². The summed E-state index contributed by atoms with van der Waals surface area (Å²) in [6, 6.07) is 14.6. The van der Waals surface area contributed by atoms with Crippen molar-refractivity contribution in [2.24, 2.45) is 5.92 Å². The van der Waals surface area contributed by atoms with Gasteiger partial charge in [0.1, 0.15) is 17.5 Å². The largest absolute Gasteiger partial charge is 0.354 e. The van der Waals surface area contributed by atoms with Crippen molar-refractivity contribution in [2.45, 2.75) is 78.1 Å². The van der Waals surface area contributed by atoms with E-state index in [4.69, 9.17) is 15.1 Å². The number of aromatic nitrogens is 4. The van der Waals surface area contributed by atoms with Crippen molar-refractivity contribution in [1.29, 1.82) is 0 Å². The van der Waals surface area contributed by atoms with Gasteiger partial charge in [0.2, 0.25) is 0 Å². The fraction of sp³-hybridized carbons (Fsp3) is 0.486. The zero-order chi connectivity index (χ0) is 29.8. The summed E-state index contributed by atoms with van der Waals surface area (Å²) in [5.41, 5.74) is 4.43. The molecule has 1 saturated heterocycles. The SMILES string of the molecule is CCCCc1ccc(C(=O)N2CCCN(c3nc(CC4CCCCC4)nc4c3c(C)nn4-c3ccc(F)cc3)CC2)cc1. The lowest BCUT2D eigenvalue weighted by molar-refractivity contribution is 0.0767. The first-order valence-electron chi connectivity index (χ1n) is 16.2. The van der Waals surface area contributed by atoms with Gasteiger partial charge in [-0.3, -0.25) is 4.79 Å². The lowest BCUT2D eigenvalue weighted by Crippen LogP contribution is -2.35. The van der Waals surface area contributed by atoms with Crippen LogP contribution in [0.25, 0.3) is 16.7 Å². The second-order valence-corrected chi connectivity index (χ2v) is 12.3. The van der Waals surface area contributed by atoms with Crippen molar-refractivity contribution in [3.05, 3.63) is 77.0 Å². The fourth-order valence-corrected chi connectivity index (χ4v) is 6.65. The number of aryl methyl sites for hydroxylation is 2. The zero-order valence-electron chi connectivity index (χ0n) is 25.6. The third-order valence-corrected chi connectivity index (χ3v) is 9.10. The van der Waals surface area contributed by atoms with Crippen LogP contribution in [0.15, 0.2) is 48.5 Å². The summed E-state index contributed by atoms with van der Waals surface area (Å²) in [5, 5.41) is 5.80. The van der Waals surface area contributed by atoms with Crippen molar-refractivity contribution in [2.75, 3.05) is 31.1 Å². The van der Waals surface area contributed by atoms with Crippen molar-refractivity contribution in [1.82, 2.24) is 24.6 Å². The number of unbranched alkanes of at least 4 members (excludes halogenated alkanes) is 1. The quantitative estimate of drug-likeness (QED) is 0.222. The number of hydrogen-bond acceptors (Lipinski definition) is 5. The van der Waals surface area contributed by atoms with Crippen LogP contribution in [0, 0.1) is 18.7 Å². The average Bonchev–Trinajstić information content (AvgIpc) is 3.19. The molecule has 1 aliphatic heterocycles. The normalized spacial score (nSPS) is 16.5. The smallest absolute Gasteiger partial charge is 0.253 e. The number of hydrogen-bond donors (Lipinski definition) is 0. The molecule has 2 aromatic carbocycles. The van der Waals surface area contributed by atoms with Crippen molar-refractivity contribution in [3.63, 3.8) is 0 Å². The van der Waals surface area contributed by atoms with Gasteiger partial charge in [-0.05, 0) is 74.1 Å². The molecule has 1 aliphatic carbocycles. The number of halogens is 1. The third-order valence-electron chi connectivity index (χ3n) is 9.10. The molecule has 3 heterocycles. The van der Waals surface area contributed by atoms with Crippen molar-refractivity contribution >= 4 is 22.8 Å². The van der Waals surface area contributed by atoms with E-state index in [0.717, 1.165) is 78.3 Å². The lowest BCUT2D eigenvalue weighted by atomic mass is 9.87. The molecule has 1 saturated carbocycles. The average molecular weight is 583 g/mol. The molecule has 2 aliphatic rings. The molecule has 43 heavy (non-hydrogen) atoms. The van der Waals surface area contributed by atoms with Crippen LogP contribution in [0.5, 0.6) is 0 Å². The Hall–Kier alpha value is -3.81. The summed E-state index contributed by atoms with van der Waals surface area (Å²) in [4.78, 5) is 28.1. The van der Waals surface area contributed by atoms with Crippen LogP contribution < -0.4 is 4.90 Å². The molecule has 2 aromatic heterocycles. The molecule has 1 amide bonds. The summed E-state index contributed by atoms with van der Waals surface area (Å²) in [6.45, 7) is 7.03. The van der Waals surface area contributed by atoms with Gasteiger partial charge in [0.15, 0.2) is 5.65 Å². The Bertz CT molecular complexity index is 1540. The summed E-state index contributed by atoms with van der Waals surface area (Å²) >= 11 is 0. The number of benzene rings is 2. The number of fused-ring (bicyclic) bond motifs is 1. The van der Waals surface area contributed by atoms with E-state index in [1.165, 1.54) is 49.8 Å². The van der Waals surface area contributed by atoms with Gasteiger partial charge in [0.05, 0.1) is 16.8 Å². The predicted molar refractivity (Wildman–Crippen MR) is 169 cm³/mol. The van der Waals surface area contributed by atoms with Crippen LogP contribution in [0.2, 0.25) is 0 Å². The van der Waals surface area contributed by atoms with E-state index >= 15 is 0 Å². The van der Waals surface area contributed by atoms with Crippen LogP contribution in [0.1, 0.15) is 85.7 Å². The topological polar surface area (TPSA) is 67.2 Å². The molecule has 8 heteroatoms. The van der Waals surface area contributed by atoms with E-state index in [0.29, 0.717) is 25.6 Å². The van der Waals surface area contributed by atoms with E-state index in [-0.39, 0.29) is 11.7 Å². The highest BCUT2D eigenvalue weighted by Gasteiger charge is 2.26. The molecule has 7 nitrogen and oxygen atoms in total. The standard InChI is InChI=1S/C35H43FN6O/c1-3-4-9-26-12-14-28(15-13-26)35(43)41-21-8-20-40(22-23-41)33-32-25(2)39-42(30-18-16-29(36)17-19-30)34(32)38-31(37-33)24-27-10-6-5-7-11-27/h12-19,27H,3-11,20-24H2,1-2H3. The number of anilines is 1. The molecule has 0 radical (unpaired) electrons. The molecule has 0 spiro atoms. The minimum Gasteiger partial charge on any atom is -0.354 e. The molecule has 4 aromatic rings. The maximum Gasteiger partial charge on any atom is 0.253 e. The minimum absolute atomic E-state index is 0.0926. The van der Waals surface area contributed by atoms with Gasteiger partial charge in [0, 0.05) is 38.2 Å². The third kappa shape index (κ3) is 6.58. The predicted octanol–water partition coefficient (Wildman–Crippen LogP) is 7.08. The van der Waals surface area contributed by atoms with Gasteiger partial charge in [-0.15, -0.1) is 0 Å². The van der Waals surface area contributed by atoms with Crippen LogP contribution >= 0.6 is 0 Å². The Labute approximate surface area is 254 Å². The van der Waals surface area contributed by atoms with E-state index in [1.807, 2.05) is 28.6 Å². The van der Waals surface area contributed by atoms with Crippen LogP contribution in [-0.2, 0) is 12.8 Å². The summed E-state index contributed by atoms with van der Waals surface area (Å²) < 4.78 is 15.6. The molecule has 0 unspecified atom stereocenters. The molecular formula is C35H43FN6O. The van der Waals surface area contributed by atoms with Gasteiger partial charge >= 0.3 is 0 Å². The Morgan fingerprint density at radius 3 is 2.42 bits per heavy atom. The van der Waals surface area contributed by atoms with E-state index in [2.05, 4.69) is 24.0 Å². The first kappa shape index (κ1) is 29.3. The maximum atomic E-state index is 13.8. The van der Waals surface area contributed by atoms with Crippen LogP contribution in [-0.4, -0.2) is 56.7 Å². The number of amides is 1. The molecule has 2 fully saturated rings. The van der Waals surface area contributed by atoms with Gasteiger partial charge in [0.25, 0.3) is 5.91 Å². The molecule has 226 valence electrons. The first-order valence-corrected chi connectivity index (χ1v) is 16.2. The van der Waals surface area contributed by atoms with Crippen LogP contribution in [0.4, 0.5) is 10.2 Å². The van der Waals surface area contributed by atoms with Gasteiger partial charge in [-0.1, -0.05) is 57.6 Å². The Balaban J connectivity index is 1.29. The van der Waals surface area contributed by atoms with Crippen molar-refractivity contribution in [3.8, 4) is 5.69 Å². The van der Waals surface area contributed by atoms with Gasteiger partial charge in [-0.25, -0.2) is 19.0 Å². The zero-order valence-corrected chi connectivity index (χ0v) is 25.6. The van der Waals surface area contributed by atoms with Crippen LogP contribution in [0.3, 0.4) is 0 Å². The first-order chi connectivity index (χ1) is 21.0. The number of carbonyl (C=O) groups is 1. The Kier molecular flexibility index (Phi) is 9.00. The highest BCUT2D eigenvalue weighted by Crippen LogP contribution is 2.32. The Morgan fingerprint density at radius 1 is 0.907 bits per heavy atom. The Morgan fingerprint density at radius 2 is 1.67 bits per heavy atom. The fourth-order valence-electron chi connectivity index (χ4n) is 6.65. The van der Waals surface area contributed by atoms with E-state index in [9.17, 15) is 9.18 Å². The van der Waals surface area contributed by atoms with Crippen molar-refractivity contribution < 1.29 is 9.18 Å². The lowest BCUT2D eigenvalue weighted by Gasteiger charge is -2.25. The molecule has 0 atom stereocenters. The minimum atomic E-state index is -0.277. The summed E-state index contributed by atoms with van der Waals surface area (Å²) in [6.07, 6.45) is 11.4.